The standard InChI is InChI=1S/C18H19IN4O2/c1-2-3-9-25-23-17-14(11-20-12-22-17)16(15(19)18(23)24)21-10-13-7-5-4-6-8-13/h4-8,11-12,21H,2-3,9-10H2,1H3. The fourth-order valence-corrected chi connectivity index (χ4v) is 3.15. The van der Waals surface area contributed by atoms with Crippen molar-refractivity contribution in [1.82, 2.24) is 14.7 Å². The van der Waals surface area contributed by atoms with Crippen LogP contribution in [-0.2, 0) is 6.54 Å². The molecule has 0 saturated carbocycles. The quantitative estimate of drug-likeness (QED) is 0.442. The average molecular weight is 450 g/mol. The third-order valence-corrected chi connectivity index (χ3v) is 4.78. The Bertz CT molecular complexity index is 912. The second-order valence-electron chi connectivity index (χ2n) is 5.57. The Balaban J connectivity index is 2.00. The van der Waals surface area contributed by atoms with E-state index in [0.29, 0.717) is 22.4 Å². The Labute approximate surface area is 159 Å². The van der Waals surface area contributed by atoms with Gasteiger partial charge in [0.15, 0.2) is 5.65 Å². The van der Waals surface area contributed by atoms with Crippen LogP contribution in [0.25, 0.3) is 11.0 Å². The van der Waals surface area contributed by atoms with Gasteiger partial charge in [0.25, 0.3) is 0 Å². The van der Waals surface area contributed by atoms with Gasteiger partial charge in [0, 0.05) is 12.7 Å². The van der Waals surface area contributed by atoms with E-state index in [1.807, 2.05) is 30.3 Å². The predicted octanol–water partition coefficient (Wildman–Crippen LogP) is 3.24. The Kier molecular flexibility index (Phi) is 5.85. The molecule has 0 bridgehead atoms. The lowest BCUT2D eigenvalue weighted by Crippen LogP contribution is -2.31. The molecular formula is C18H19IN4O2. The summed E-state index contributed by atoms with van der Waals surface area (Å²) in [6.07, 6.45) is 5.01. The van der Waals surface area contributed by atoms with E-state index in [9.17, 15) is 4.79 Å². The van der Waals surface area contributed by atoms with Crippen molar-refractivity contribution >= 4 is 39.3 Å². The summed E-state index contributed by atoms with van der Waals surface area (Å²) in [4.78, 5) is 26.8. The molecule has 6 nitrogen and oxygen atoms in total. The molecule has 3 aromatic rings. The van der Waals surface area contributed by atoms with Gasteiger partial charge < -0.3 is 10.2 Å². The van der Waals surface area contributed by atoms with E-state index in [4.69, 9.17) is 4.84 Å². The predicted molar refractivity (Wildman–Crippen MR) is 107 cm³/mol. The van der Waals surface area contributed by atoms with Crippen molar-refractivity contribution in [2.45, 2.75) is 26.3 Å². The molecule has 7 heteroatoms. The molecule has 0 fully saturated rings. The van der Waals surface area contributed by atoms with Crippen LogP contribution in [0.5, 0.6) is 0 Å². The van der Waals surface area contributed by atoms with Crippen LogP contribution in [0.3, 0.4) is 0 Å². The molecule has 2 heterocycles. The zero-order chi connectivity index (χ0) is 17.6. The van der Waals surface area contributed by atoms with Crippen LogP contribution < -0.4 is 15.7 Å². The second kappa shape index (κ2) is 8.28. The largest absolute Gasteiger partial charge is 0.409 e. The summed E-state index contributed by atoms with van der Waals surface area (Å²) in [6.45, 7) is 3.16. The van der Waals surface area contributed by atoms with E-state index in [0.717, 1.165) is 29.5 Å². The van der Waals surface area contributed by atoms with E-state index in [2.05, 4.69) is 44.8 Å². The summed E-state index contributed by atoms with van der Waals surface area (Å²) >= 11 is 2.05. The lowest BCUT2D eigenvalue weighted by atomic mass is 10.2. The molecule has 0 radical (unpaired) electrons. The third-order valence-electron chi connectivity index (χ3n) is 3.78. The van der Waals surface area contributed by atoms with Gasteiger partial charge in [-0.15, -0.1) is 4.73 Å². The van der Waals surface area contributed by atoms with E-state index in [-0.39, 0.29) is 5.56 Å². The number of aromatic nitrogens is 3. The van der Waals surface area contributed by atoms with Gasteiger partial charge in [0.2, 0.25) is 0 Å². The monoisotopic (exact) mass is 450 g/mol. The lowest BCUT2D eigenvalue weighted by molar-refractivity contribution is 0.108. The minimum Gasteiger partial charge on any atom is -0.409 e. The van der Waals surface area contributed by atoms with Gasteiger partial charge in [0.05, 0.1) is 11.1 Å². The van der Waals surface area contributed by atoms with Crippen molar-refractivity contribution in [2.75, 3.05) is 11.9 Å². The molecule has 0 amide bonds. The number of hydrogen-bond donors (Lipinski definition) is 1. The first-order valence-corrected chi connectivity index (χ1v) is 9.25. The minimum absolute atomic E-state index is 0.210. The van der Waals surface area contributed by atoms with Crippen LogP contribution in [0.2, 0.25) is 0 Å². The molecule has 2 aromatic heterocycles. The molecule has 130 valence electrons. The Morgan fingerprint density at radius 2 is 2.08 bits per heavy atom. The summed E-state index contributed by atoms with van der Waals surface area (Å²) in [7, 11) is 0. The minimum atomic E-state index is -0.210. The molecule has 0 aliphatic rings. The van der Waals surface area contributed by atoms with Gasteiger partial charge in [-0.1, -0.05) is 43.7 Å². The summed E-state index contributed by atoms with van der Waals surface area (Å²) in [5.74, 6) is 0. The average Bonchev–Trinajstić information content (AvgIpc) is 2.65. The van der Waals surface area contributed by atoms with Gasteiger partial charge in [-0.2, -0.15) is 0 Å². The topological polar surface area (TPSA) is 69.0 Å². The smallest absolute Gasteiger partial charge is 0.300 e. The highest BCUT2D eigenvalue weighted by molar-refractivity contribution is 14.1. The fraction of sp³-hybridized carbons (Fsp3) is 0.278. The normalized spacial score (nSPS) is 10.8. The van der Waals surface area contributed by atoms with Gasteiger partial charge in [-0.3, -0.25) is 4.79 Å². The van der Waals surface area contributed by atoms with Crippen LogP contribution in [0.1, 0.15) is 25.3 Å². The summed E-state index contributed by atoms with van der Waals surface area (Å²) in [6, 6.07) is 10.0. The molecule has 0 aliphatic heterocycles. The number of pyridine rings is 1. The molecule has 0 atom stereocenters. The highest BCUT2D eigenvalue weighted by Crippen LogP contribution is 2.24. The maximum absolute atomic E-state index is 12.7. The highest BCUT2D eigenvalue weighted by Gasteiger charge is 2.17. The van der Waals surface area contributed by atoms with Crippen molar-refractivity contribution in [3.8, 4) is 0 Å². The summed E-state index contributed by atoms with van der Waals surface area (Å²) in [5.41, 5.74) is 2.14. The van der Waals surface area contributed by atoms with Gasteiger partial charge in [-0.05, 0) is 34.6 Å². The number of hydrogen-bond acceptors (Lipinski definition) is 5. The fourth-order valence-electron chi connectivity index (χ4n) is 2.45. The maximum Gasteiger partial charge on any atom is 0.300 e. The number of halogens is 1. The number of benzene rings is 1. The maximum atomic E-state index is 12.7. The first kappa shape index (κ1) is 17.7. The van der Waals surface area contributed by atoms with Crippen molar-refractivity contribution < 1.29 is 4.84 Å². The van der Waals surface area contributed by atoms with Crippen LogP contribution in [-0.4, -0.2) is 21.3 Å². The Morgan fingerprint density at radius 3 is 2.84 bits per heavy atom. The lowest BCUT2D eigenvalue weighted by Gasteiger charge is -2.16. The molecule has 0 aliphatic carbocycles. The molecule has 3 rings (SSSR count). The van der Waals surface area contributed by atoms with Crippen molar-refractivity contribution in [2.24, 2.45) is 0 Å². The van der Waals surface area contributed by atoms with Gasteiger partial charge in [-0.25, -0.2) is 9.97 Å². The molecule has 0 saturated heterocycles. The first-order chi connectivity index (χ1) is 12.2. The number of fused-ring (bicyclic) bond motifs is 1. The van der Waals surface area contributed by atoms with E-state index >= 15 is 0 Å². The Hall–Kier alpha value is -2.16. The molecule has 0 unspecified atom stereocenters. The molecular weight excluding hydrogens is 431 g/mol. The number of unbranched alkanes of at least 4 members (excludes halogenated alkanes) is 1. The van der Waals surface area contributed by atoms with Gasteiger partial charge in [0.1, 0.15) is 16.5 Å². The Morgan fingerprint density at radius 1 is 1.28 bits per heavy atom. The van der Waals surface area contributed by atoms with Gasteiger partial charge >= 0.3 is 5.56 Å². The first-order valence-electron chi connectivity index (χ1n) is 8.17. The zero-order valence-electron chi connectivity index (χ0n) is 13.9. The zero-order valence-corrected chi connectivity index (χ0v) is 16.1. The SMILES string of the molecule is CCCCOn1c(=O)c(I)c(NCc2ccccc2)c2cncnc21. The molecule has 1 aromatic carbocycles. The van der Waals surface area contributed by atoms with Crippen molar-refractivity contribution in [3.05, 3.63) is 62.3 Å². The summed E-state index contributed by atoms with van der Waals surface area (Å²) in [5, 5.41) is 4.11. The van der Waals surface area contributed by atoms with E-state index in [1.165, 1.54) is 11.1 Å². The van der Waals surface area contributed by atoms with E-state index < -0.39 is 0 Å². The van der Waals surface area contributed by atoms with Crippen LogP contribution in [0, 0.1) is 3.57 Å². The number of nitrogens with one attached hydrogen (secondary N) is 1. The molecule has 0 spiro atoms. The number of anilines is 1. The number of nitrogens with zero attached hydrogens (tertiary/aromatic N) is 3. The molecule has 1 N–H and O–H groups in total. The van der Waals surface area contributed by atoms with Crippen LogP contribution >= 0.6 is 22.6 Å². The molecule has 25 heavy (non-hydrogen) atoms. The third kappa shape index (κ3) is 3.92. The summed E-state index contributed by atoms with van der Waals surface area (Å²) < 4.78 is 1.84. The van der Waals surface area contributed by atoms with Crippen molar-refractivity contribution in [1.29, 1.82) is 0 Å². The number of rotatable bonds is 7. The highest BCUT2D eigenvalue weighted by atomic mass is 127. The van der Waals surface area contributed by atoms with Crippen LogP contribution in [0.15, 0.2) is 47.7 Å². The van der Waals surface area contributed by atoms with Crippen LogP contribution in [0.4, 0.5) is 5.69 Å². The van der Waals surface area contributed by atoms with Crippen molar-refractivity contribution in [3.63, 3.8) is 0 Å². The second-order valence-corrected chi connectivity index (χ2v) is 6.65. The van der Waals surface area contributed by atoms with E-state index in [1.54, 1.807) is 6.20 Å².